The SMILES string of the molecule is CNS(=O)(=O)CC(=O)Nc1cc(Cl)ccc1OC(F)(F)F. The second kappa shape index (κ2) is 6.50. The van der Waals surface area contributed by atoms with Crippen molar-refractivity contribution < 1.29 is 31.1 Å². The molecule has 0 radical (unpaired) electrons. The number of ether oxygens (including phenoxy) is 1. The first-order valence-electron chi connectivity index (χ1n) is 5.29. The lowest BCUT2D eigenvalue weighted by Crippen LogP contribution is -2.30. The van der Waals surface area contributed by atoms with E-state index in [4.69, 9.17) is 11.6 Å². The third kappa shape index (κ3) is 6.19. The monoisotopic (exact) mass is 346 g/mol. The number of sulfonamides is 1. The van der Waals surface area contributed by atoms with Crippen molar-refractivity contribution in [1.29, 1.82) is 0 Å². The van der Waals surface area contributed by atoms with E-state index in [1.54, 1.807) is 0 Å². The molecule has 0 aromatic heterocycles. The van der Waals surface area contributed by atoms with Gasteiger partial charge in [-0.3, -0.25) is 4.79 Å². The van der Waals surface area contributed by atoms with E-state index >= 15 is 0 Å². The number of halogens is 4. The molecule has 0 heterocycles. The molecule has 0 aliphatic heterocycles. The summed E-state index contributed by atoms with van der Waals surface area (Å²) in [5, 5.41) is 2.04. The van der Waals surface area contributed by atoms with Gasteiger partial charge >= 0.3 is 6.36 Å². The summed E-state index contributed by atoms with van der Waals surface area (Å²) in [5.74, 6) is -2.71. The quantitative estimate of drug-likeness (QED) is 0.850. The van der Waals surface area contributed by atoms with Gasteiger partial charge in [-0.15, -0.1) is 13.2 Å². The lowest BCUT2D eigenvalue weighted by molar-refractivity contribution is -0.274. The molecule has 6 nitrogen and oxygen atoms in total. The Labute approximate surface area is 123 Å². The zero-order chi connectivity index (χ0) is 16.3. The van der Waals surface area contributed by atoms with Crippen molar-refractivity contribution in [2.45, 2.75) is 6.36 Å². The maximum atomic E-state index is 12.2. The summed E-state index contributed by atoms with van der Waals surface area (Å²) in [5.41, 5.74) is -0.392. The predicted octanol–water partition coefficient (Wildman–Crippen LogP) is 1.73. The minimum absolute atomic E-state index is 0.0382. The van der Waals surface area contributed by atoms with Gasteiger partial charge in [-0.05, 0) is 25.2 Å². The summed E-state index contributed by atoms with van der Waals surface area (Å²) in [7, 11) is -2.76. The van der Waals surface area contributed by atoms with Crippen LogP contribution in [-0.4, -0.2) is 33.5 Å². The van der Waals surface area contributed by atoms with Gasteiger partial charge in [0.05, 0.1) is 5.69 Å². The summed E-state index contributed by atoms with van der Waals surface area (Å²) in [6, 6.07) is 3.03. The standard InChI is InChI=1S/C10H10ClF3N2O4S/c1-15-21(18,19)5-9(17)16-7-4-6(11)2-3-8(7)20-10(12,13)14/h2-4,15H,5H2,1H3,(H,16,17). The van der Waals surface area contributed by atoms with Crippen LogP contribution in [0.5, 0.6) is 5.75 Å². The zero-order valence-electron chi connectivity index (χ0n) is 10.5. The van der Waals surface area contributed by atoms with E-state index < -0.39 is 39.5 Å². The van der Waals surface area contributed by atoms with Crippen molar-refractivity contribution in [2.24, 2.45) is 0 Å². The smallest absolute Gasteiger partial charge is 0.404 e. The number of carbonyl (C=O) groups excluding carboxylic acids is 1. The number of hydrogen-bond acceptors (Lipinski definition) is 4. The zero-order valence-corrected chi connectivity index (χ0v) is 12.1. The number of benzene rings is 1. The van der Waals surface area contributed by atoms with E-state index in [1.165, 1.54) is 0 Å². The molecule has 0 unspecified atom stereocenters. The van der Waals surface area contributed by atoms with Crippen LogP contribution in [0.15, 0.2) is 18.2 Å². The van der Waals surface area contributed by atoms with Crippen LogP contribution in [0.1, 0.15) is 0 Å². The minimum Gasteiger partial charge on any atom is -0.404 e. The van der Waals surface area contributed by atoms with E-state index in [1.807, 2.05) is 10.0 Å². The van der Waals surface area contributed by atoms with Crippen molar-refractivity contribution in [3.8, 4) is 5.75 Å². The van der Waals surface area contributed by atoms with Crippen LogP contribution in [0.4, 0.5) is 18.9 Å². The van der Waals surface area contributed by atoms with Crippen LogP contribution in [0.25, 0.3) is 0 Å². The van der Waals surface area contributed by atoms with E-state index in [9.17, 15) is 26.4 Å². The summed E-state index contributed by atoms with van der Waals surface area (Å²) < 4.78 is 64.6. The van der Waals surface area contributed by atoms with E-state index in [-0.39, 0.29) is 5.02 Å². The van der Waals surface area contributed by atoms with Crippen LogP contribution >= 0.6 is 11.6 Å². The molecule has 1 amide bonds. The molecule has 0 bridgehead atoms. The van der Waals surface area contributed by atoms with Crippen molar-refractivity contribution >= 4 is 33.2 Å². The number of carbonyl (C=O) groups is 1. The molecule has 0 aliphatic carbocycles. The average Bonchev–Trinajstić information content (AvgIpc) is 2.30. The van der Waals surface area contributed by atoms with Gasteiger partial charge < -0.3 is 10.1 Å². The van der Waals surface area contributed by atoms with Gasteiger partial charge in [-0.2, -0.15) is 0 Å². The molecule has 21 heavy (non-hydrogen) atoms. The van der Waals surface area contributed by atoms with E-state index in [0.29, 0.717) is 0 Å². The molecule has 0 aliphatic rings. The highest BCUT2D eigenvalue weighted by Crippen LogP contribution is 2.32. The van der Waals surface area contributed by atoms with Crippen LogP contribution < -0.4 is 14.8 Å². The summed E-state index contributed by atoms with van der Waals surface area (Å²) in [6.45, 7) is 0. The van der Waals surface area contributed by atoms with E-state index in [2.05, 4.69) is 4.74 Å². The highest BCUT2D eigenvalue weighted by Gasteiger charge is 2.32. The Morgan fingerprint density at radius 2 is 2.00 bits per heavy atom. The Morgan fingerprint density at radius 3 is 2.52 bits per heavy atom. The Kier molecular flexibility index (Phi) is 5.42. The lowest BCUT2D eigenvalue weighted by Gasteiger charge is -2.14. The molecule has 1 aromatic carbocycles. The third-order valence-corrected chi connectivity index (χ3v) is 3.57. The molecule has 118 valence electrons. The van der Waals surface area contributed by atoms with Gasteiger partial charge in [0.25, 0.3) is 0 Å². The maximum absolute atomic E-state index is 12.2. The molecule has 0 saturated heterocycles. The van der Waals surface area contributed by atoms with Crippen molar-refractivity contribution in [3.05, 3.63) is 23.2 Å². The molecule has 1 rings (SSSR count). The molecule has 0 fully saturated rings. The van der Waals surface area contributed by atoms with Gasteiger partial charge in [-0.25, -0.2) is 13.1 Å². The summed E-state index contributed by atoms with van der Waals surface area (Å²) in [4.78, 5) is 11.5. The van der Waals surface area contributed by atoms with Crippen LogP contribution in [0.3, 0.4) is 0 Å². The van der Waals surface area contributed by atoms with Crippen LogP contribution in [-0.2, 0) is 14.8 Å². The fourth-order valence-electron chi connectivity index (χ4n) is 1.24. The Morgan fingerprint density at radius 1 is 1.38 bits per heavy atom. The fraction of sp³-hybridized carbons (Fsp3) is 0.300. The minimum atomic E-state index is -4.97. The van der Waals surface area contributed by atoms with Crippen molar-refractivity contribution in [1.82, 2.24) is 4.72 Å². The Bertz CT molecular complexity index is 634. The number of alkyl halides is 3. The van der Waals surface area contributed by atoms with Gasteiger partial charge in [0.1, 0.15) is 5.75 Å². The molecule has 2 N–H and O–H groups in total. The highest BCUT2D eigenvalue weighted by atomic mass is 35.5. The summed E-state index contributed by atoms with van der Waals surface area (Å²) in [6.07, 6.45) is -4.97. The number of nitrogens with one attached hydrogen (secondary N) is 2. The second-order valence-corrected chi connectivity index (χ2v) is 6.06. The number of anilines is 1. The predicted molar refractivity (Wildman–Crippen MR) is 69.6 cm³/mol. The molecular weight excluding hydrogens is 337 g/mol. The lowest BCUT2D eigenvalue weighted by atomic mass is 10.3. The first-order chi connectivity index (χ1) is 9.52. The molecule has 0 saturated carbocycles. The molecule has 0 spiro atoms. The second-order valence-electron chi connectivity index (χ2n) is 3.70. The topological polar surface area (TPSA) is 84.5 Å². The van der Waals surface area contributed by atoms with Crippen LogP contribution in [0.2, 0.25) is 5.02 Å². The third-order valence-electron chi connectivity index (χ3n) is 2.07. The van der Waals surface area contributed by atoms with Crippen molar-refractivity contribution in [3.63, 3.8) is 0 Å². The van der Waals surface area contributed by atoms with Gasteiger partial charge in [0.2, 0.25) is 15.9 Å². The highest BCUT2D eigenvalue weighted by molar-refractivity contribution is 7.90. The summed E-state index contributed by atoms with van der Waals surface area (Å²) >= 11 is 5.61. The number of rotatable bonds is 5. The van der Waals surface area contributed by atoms with Crippen LogP contribution in [0, 0.1) is 0 Å². The Balaban J connectivity index is 2.96. The van der Waals surface area contributed by atoms with Gasteiger partial charge in [0.15, 0.2) is 5.75 Å². The first-order valence-corrected chi connectivity index (χ1v) is 7.32. The molecule has 0 atom stereocenters. The molecule has 1 aromatic rings. The van der Waals surface area contributed by atoms with Gasteiger partial charge in [0, 0.05) is 5.02 Å². The fourth-order valence-corrected chi connectivity index (χ4v) is 1.98. The molecule has 11 heteroatoms. The average molecular weight is 347 g/mol. The van der Waals surface area contributed by atoms with Crippen molar-refractivity contribution in [2.75, 3.05) is 18.1 Å². The largest absolute Gasteiger partial charge is 0.573 e. The molecular formula is C10H10ClF3N2O4S. The van der Waals surface area contributed by atoms with Gasteiger partial charge in [-0.1, -0.05) is 11.6 Å². The van der Waals surface area contributed by atoms with E-state index in [0.717, 1.165) is 25.2 Å². The number of amides is 1. The maximum Gasteiger partial charge on any atom is 0.573 e. The number of hydrogen-bond donors (Lipinski definition) is 2. The normalized spacial score (nSPS) is 12.0. The Hall–Kier alpha value is -1.52. The first kappa shape index (κ1) is 17.5.